The van der Waals surface area contributed by atoms with E-state index in [0.717, 1.165) is 23.3 Å². The van der Waals surface area contributed by atoms with Gasteiger partial charge in [0.05, 0.1) is 11.5 Å². The van der Waals surface area contributed by atoms with Crippen molar-refractivity contribution in [2.45, 2.75) is 58.0 Å². The molecule has 0 spiro atoms. The Balaban J connectivity index is 2.20. The molecule has 0 bridgehead atoms. The van der Waals surface area contributed by atoms with E-state index >= 15 is 0 Å². The number of carbonyl (C=O) groups excluding carboxylic acids is 1. The zero-order valence-electron chi connectivity index (χ0n) is 20.0. The Hall–Kier alpha value is -1.53. The number of hydrogen-bond donors (Lipinski definition) is 1. The van der Waals surface area contributed by atoms with Gasteiger partial charge < -0.3 is 4.90 Å². The molecule has 0 aromatic heterocycles. The van der Waals surface area contributed by atoms with Crippen LogP contribution in [0.3, 0.4) is 0 Å². The lowest BCUT2D eigenvalue weighted by atomic mass is 9.67. The summed E-state index contributed by atoms with van der Waals surface area (Å²) < 4.78 is 17.9. The van der Waals surface area contributed by atoms with Gasteiger partial charge in [0.15, 0.2) is 0 Å². The molecular formula is C27H33Cl2FN2OS. The van der Waals surface area contributed by atoms with Crippen molar-refractivity contribution in [1.29, 1.82) is 0 Å². The maximum Gasteiger partial charge on any atom is 0.229 e. The Morgan fingerprint density at radius 2 is 1.91 bits per heavy atom. The van der Waals surface area contributed by atoms with E-state index in [9.17, 15) is 9.18 Å². The van der Waals surface area contributed by atoms with Crippen molar-refractivity contribution in [2.75, 3.05) is 12.3 Å². The second-order valence-corrected chi connectivity index (χ2v) is 11.1. The second-order valence-electron chi connectivity index (χ2n) is 9.12. The van der Waals surface area contributed by atoms with Crippen molar-refractivity contribution in [3.05, 3.63) is 82.1 Å². The maximum absolute atomic E-state index is 14.5. The van der Waals surface area contributed by atoms with Crippen molar-refractivity contribution in [3.8, 4) is 0 Å². The molecule has 1 N–H and O–H groups in total. The van der Waals surface area contributed by atoms with E-state index in [1.807, 2.05) is 42.2 Å². The fourth-order valence-electron chi connectivity index (χ4n) is 5.04. The van der Waals surface area contributed by atoms with Gasteiger partial charge in [-0.2, -0.15) is 0 Å². The van der Waals surface area contributed by atoms with Crippen molar-refractivity contribution in [1.82, 2.24) is 9.62 Å². The van der Waals surface area contributed by atoms with Gasteiger partial charge in [-0.25, -0.2) is 4.39 Å². The van der Waals surface area contributed by atoms with Crippen LogP contribution < -0.4 is 4.72 Å². The van der Waals surface area contributed by atoms with Crippen LogP contribution in [0.1, 0.15) is 63.1 Å². The summed E-state index contributed by atoms with van der Waals surface area (Å²) in [7, 11) is 0. The molecule has 2 aromatic carbocycles. The number of nitrogens with zero attached hydrogens (tertiary/aromatic N) is 1. The fourth-order valence-corrected chi connectivity index (χ4v) is 5.91. The third kappa shape index (κ3) is 5.99. The zero-order chi connectivity index (χ0) is 24.9. The molecule has 2 aromatic rings. The Morgan fingerprint density at radius 3 is 2.50 bits per heavy atom. The molecule has 1 heterocycles. The highest BCUT2D eigenvalue weighted by Crippen LogP contribution is 2.52. The fraction of sp³-hybridized carbons (Fsp3) is 0.444. The number of likely N-dealkylation sites (tertiary alicyclic amines) is 1. The molecule has 3 nitrogen and oxygen atoms in total. The van der Waals surface area contributed by atoms with E-state index < -0.39 is 5.41 Å². The molecule has 34 heavy (non-hydrogen) atoms. The van der Waals surface area contributed by atoms with Gasteiger partial charge in [-0.05, 0) is 60.7 Å². The van der Waals surface area contributed by atoms with Gasteiger partial charge in [0.2, 0.25) is 5.91 Å². The molecule has 1 saturated heterocycles. The van der Waals surface area contributed by atoms with Crippen LogP contribution in [0.25, 0.3) is 0 Å². The van der Waals surface area contributed by atoms with Gasteiger partial charge in [0.25, 0.3) is 0 Å². The molecule has 1 aliphatic heterocycles. The van der Waals surface area contributed by atoms with Gasteiger partial charge in [0, 0.05) is 34.3 Å². The van der Waals surface area contributed by atoms with Crippen LogP contribution in [0.2, 0.25) is 10.0 Å². The smallest absolute Gasteiger partial charge is 0.229 e. The van der Waals surface area contributed by atoms with Crippen molar-refractivity contribution in [3.63, 3.8) is 0 Å². The maximum atomic E-state index is 14.5. The van der Waals surface area contributed by atoms with Crippen LogP contribution in [0.15, 0.2) is 55.1 Å². The van der Waals surface area contributed by atoms with Gasteiger partial charge >= 0.3 is 0 Å². The highest BCUT2D eigenvalue weighted by atomic mass is 35.5. The van der Waals surface area contributed by atoms with Crippen LogP contribution in [0, 0.1) is 11.2 Å². The third-order valence-electron chi connectivity index (χ3n) is 6.65. The minimum Gasteiger partial charge on any atom is -0.330 e. The Bertz CT molecular complexity index is 982. The number of allylic oxidation sites excluding steroid dienone is 1. The highest BCUT2D eigenvalue weighted by molar-refractivity contribution is 7.97. The first kappa shape index (κ1) is 27.1. The third-order valence-corrected chi connectivity index (χ3v) is 7.78. The number of hydrogen-bond acceptors (Lipinski definition) is 3. The SMILES string of the molecule is C=CC[C@@]1(C)C[C@H](c2cc(F)cc(Cl)c2)[C@@H](c2ccc(Cl)cc2)N([C@@H](CC)CNSCC)C1=O. The molecule has 0 unspecified atom stereocenters. The summed E-state index contributed by atoms with van der Waals surface area (Å²) in [5.74, 6) is 0.509. The molecule has 1 fully saturated rings. The molecule has 184 valence electrons. The van der Waals surface area contributed by atoms with E-state index in [4.69, 9.17) is 23.2 Å². The number of amides is 1. The first-order chi connectivity index (χ1) is 16.2. The number of halogens is 3. The number of piperidine rings is 1. The first-order valence-corrected chi connectivity index (χ1v) is 13.5. The van der Waals surface area contributed by atoms with E-state index in [1.54, 1.807) is 24.1 Å². The van der Waals surface area contributed by atoms with Crippen molar-refractivity contribution >= 4 is 41.1 Å². The minimum atomic E-state index is -0.653. The molecule has 3 rings (SSSR count). The summed E-state index contributed by atoms with van der Waals surface area (Å²) in [4.78, 5) is 16.2. The van der Waals surface area contributed by atoms with Crippen LogP contribution in [-0.2, 0) is 4.79 Å². The van der Waals surface area contributed by atoms with Crippen molar-refractivity contribution < 1.29 is 9.18 Å². The molecule has 0 saturated carbocycles. The van der Waals surface area contributed by atoms with Crippen LogP contribution >= 0.6 is 35.1 Å². The summed E-state index contributed by atoms with van der Waals surface area (Å²) in [6.45, 7) is 10.8. The summed E-state index contributed by atoms with van der Waals surface area (Å²) in [5.41, 5.74) is 1.12. The number of benzene rings is 2. The highest BCUT2D eigenvalue weighted by Gasteiger charge is 2.50. The first-order valence-electron chi connectivity index (χ1n) is 11.7. The lowest BCUT2D eigenvalue weighted by Crippen LogP contribution is -2.57. The van der Waals surface area contributed by atoms with Crippen LogP contribution in [-0.4, -0.2) is 29.1 Å². The number of carbonyl (C=O) groups is 1. The summed E-state index contributed by atoms with van der Waals surface area (Å²) in [6.07, 6.45) is 3.70. The monoisotopic (exact) mass is 522 g/mol. The molecule has 0 radical (unpaired) electrons. The van der Waals surface area contributed by atoms with E-state index in [0.29, 0.717) is 29.4 Å². The van der Waals surface area contributed by atoms with Gasteiger partial charge in [0.1, 0.15) is 5.82 Å². The lowest BCUT2D eigenvalue weighted by molar-refractivity contribution is -0.154. The average Bonchev–Trinajstić information content (AvgIpc) is 2.79. The van der Waals surface area contributed by atoms with Crippen LogP contribution in [0.4, 0.5) is 4.39 Å². The predicted octanol–water partition coefficient (Wildman–Crippen LogP) is 7.81. The summed E-state index contributed by atoms with van der Waals surface area (Å²) >= 11 is 14.1. The second kappa shape index (κ2) is 11.9. The molecular weight excluding hydrogens is 490 g/mol. The average molecular weight is 524 g/mol. The standard InChI is InChI=1S/C27H33Cl2FN2OS/c1-5-12-27(4)16-24(19-13-21(29)15-22(30)14-19)25(18-8-10-20(28)11-9-18)32(26(27)33)23(6-2)17-31-34-7-3/h5,8-11,13-15,23-25,31H,1,6-7,12,16-17H2,2-4H3/t23-,24+,25+,27-/m0/s1. The molecule has 0 aliphatic carbocycles. The topological polar surface area (TPSA) is 32.3 Å². The van der Waals surface area contributed by atoms with Gasteiger partial charge in [-0.15, -0.1) is 6.58 Å². The molecule has 1 amide bonds. The number of rotatable bonds is 10. The Kier molecular flexibility index (Phi) is 9.50. The Morgan fingerprint density at radius 1 is 1.21 bits per heavy atom. The quantitative estimate of drug-likeness (QED) is 0.196. The van der Waals surface area contributed by atoms with Gasteiger partial charge in [-0.1, -0.05) is 74.1 Å². The van der Waals surface area contributed by atoms with Crippen molar-refractivity contribution in [2.24, 2.45) is 5.41 Å². The van der Waals surface area contributed by atoms with E-state index in [1.165, 1.54) is 6.07 Å². The number of nitrogens with one attached hydrogen (secondary N) is 1. The van der Waals surface area contributed by atoms with E-state index in [-0.39, 0.29) is 29.7 Å². The normalized spacial score (nSPS) is 23.7. The predicted molar refractivity (Wildman–Crippen MR) is 143 cm³/mol. The van der Waals surface area contributed by atoms with Crippen LogP contribution in [0.5, 0.6) is 0 Å². The lowest BCUT2D eigenvalue weighted by Gasteiger charge is -2.52. The van der Waals surface area contributed by atoms with Gasteiger partial charge in [-0.3, -0.25) is 9.52 Å². The minimum absolute atomic E-state index is 0.0387. The van der Waals surface area contributed by atoms with E-state index in [2.05, 4.69) is 25.1 Å². The summed E-state index contributed by atoms with van der Waals surface area (Å²) in [5, 5.41) is 0.985. The zero-order valence-corrected chi connectivity index (χ0v) is 22.3. The largest absolute Gasteiger partial charge is 0.330 e. The Labute approximate surface area is 217 Å². The molecule has 1 aliphatic rings. The molecule has 7 heteroatoms. The summed E-state index contributed by atoms with van der Waals surface area (Å²) in [6, 6.07) is 12.0. The molecule has 4 atom stereocenters.